The van der Waals surface area contributed by atoms with E-state index in [-0.39, 0.29) is 11.7 Å². The molecule has 2 heterocycles. The summed E-state index contributed by atoms with van der Waals surface area (Å²) in [6, 6.07) is 8.92. The number of rotatable bonds is 2. The van der Waals surface area contributed by atoms with Crippen molar-refractivity contribution >= 4 is 11.7 Å². The standard InChI is InChI=1S/C18H14N2O3/c1-19-11-15(16(21)12-7-3-2-4-8-12)20-17(22)13-9-5-6-10-14(13)18(20)23-19/h2-9,11H,10H2,1H3. The number of hydrogen-bond acceptors (Lipinski definition) is 4. The summed E-state index contributed by atoms with van der Waals surface area (Å²) in [5.41, 5.74) is 2.24. The molecule has 3 aliphatic rings. The number of amides is 1. The Kier molecular flexibility index (Phi) is 2.94. The molecular weight excluding hydrogens is 292 g/mol. The minimum absolute atomic E-state index is 0.209. The van der Waals surface area contributed by atoms with Crippen LogP contribution in [-0.2, 0) is 9.63 Å². The van der Waals surface area contributed by atoms with Crippen molar-refractivity contribution in [1.29, 1.82) is 0 Å². The highest BCUT2D eigenvalue weighted by Gasteiger charge is 2.43. The fourth-order valence-corrected chi connectivity index (χ4v) is 2.92. The molecule has 0 bridgehead atoms. The molecule has 0 aromatic heterocycles. The molecule has 1 amide bonds. The molecule has 1 aromatic carbocycles. The van der Waals surface area contributed by atoms with E-state index in [1.165, 1.54) is 9.96 Å². The molecule has 0 N–H and O–H groups in total. The van der Waals surface area contributed by atoms with Crippen molar-refractivity contribution in [3.05, 3.63) is 83.0 Å². The molecule has 4 rings (SSSR count). The summed E-state index contributed by atoms with van der Waals surface area (Å²) in [7, 11) is 1.70. The maximum Gasteiger partial charge on any atom is 0.265 e. The van der Waals surface area contributed by atoms with Crippen LogP contribution in [0.4, 0.5) is 0 Å². The molecule has 5 heteroatoms. The lowest BCUT2D eigenvalue weighted by atomic mass is 10.0. The van der Waals surface area contributed by atoms with Gasteiger partial charge in [-0.05, 0) is 12.5 Å². The monoisotopic (exact) mass is 306 g/mol. The number of ketones is 1. The lowest BCUT2D eigenvalue weighted by molar-refractivity contribution is -0.135. The Balaban J connectivity index is 1.81. The van der Waals surface area contributed by atoms with Crippen LogP contribution in [0.3, 0.4) is 0 Å². The van der Waals surface area contributed by atoms with Crippen LogP contribution in [-0.4, -0.2) is 28.7 Å². The van der Waals surface area contributed by atoms with E-state index in [2.05, 4.69) is 0 Å². The van der Waals surface area contributed by atoms with Crippen molar-refractivity contribution in [2.45, 2.75) is 6.42 Å². The zero-order valence-corrected chi connectivity index (χ0v) is 12.5. The van der Waals surface area contributed by atoms with E-state index >= 15 is 0 Å². The van der Waals surface area contributed by atoms with Gasteiger partial charge in [0.25, 0.3) is 5.91 Å². The fourth-order valence-electron chi connectivity index (χ4n) is 2.92. The Morgan fingerprint density at radius 3 is 2.78 bits per heavy atom. The minimum Gasteiger partial charge on any atom is -0.361 e. The van der Waals surface area contributed by atoms with Crippen LogP contribution >= 0.6 is 0 Å². The van der Waals surface area contributed by atoms with Crippen LogP contribution in [0.1, 0.15) is 16.8 Å². The fraction of sp³-hybridized carbons (Fsp3) is 0.111. The maximum atomic E-state index is 12.8. The summed E-state index contributed by atoms with van der Waals surface area (Å²) >= 11 is 0. The van der Waals surface area contributed by atoms with Gasteiger partial charge in [0, 0.05) is 23.8 Å². The van der Waals surface area contributed by atoms with E-state index in [0.717, 1.165) is 5.57 Å². The largest absolute Gasteiger partial charge is 0.361 e. The van der Waals surface area contributed by atoms with E-state index < -0.39 is 0 Å². The third-order valence-corrected chi connectivity index (χ3v) is 3.98. The third kappa shape index (κ3) is 2.01. The molecule has 0 unspecified atom stereocenters. The summed E-state index contributed by atoms with van der Waals surface area (Å²) in [4.78, 5) is 32.6. The molecule has 0 saturated carbocycles. The number of nitrogens with zero attached hydrogens (tertiary/aromatic N) is 2. The van der Waals surface area contributed by atoms with Crippen LogP contribution < -0.4 is 0 Å². The summed E-state index contributed by atoms with van der Waals surface area (Å²) in [6.07, 6.45) is 7.73. The van der Waals surface area contributed by atoms with Gasteiger partial charge in [0.2, 0.25) is 11.7 Å². The van der Waals surface area contributed by atoms with E-state index in [1.807, 2.05) is 18.2 Å². The molecule has 2 aliphatic heterocycles. The van der Waals surface area contributed by atoms with Gasteiger partial charge in [0.1, 0.15) is 5.70 Å². The first-order valence-corrected chi connectivity index (χ1v) is 7.34. The van der Waals surface area contributed by atoms with Crippen LogP contribution in [0.15, 0.2) is 77.5 Å². The molecule has 0 radical (unpaired) electrons. The second-order valence-electron chi connectivity index (χ2n) is 5.48. The van der Waals surface area contributed by atoms with Crippen molar-refractivity contribution in [1.82, 2.24) is 9.96 Å². The van der Waals surface area contributed by atoms with Crippen molar-refractivity contribution in [2.24, 2.45) is 0 Å². The SMILES string of the molecule is CN1C=C(C(=O)c2ccccc2)N2C(=O)C3=CC=CCC3=C2O1. The van der Waals surface area contributed by atoms with Gasteiger partial charge in [-0.1, -0.05) is 42.5 Å². The normalized spacial score (nSPS) is 19.1. The van der Waals surface area contributed by atoms with Gasteiger partial charge in [0.05, 0.1) is 6.20 Å². The molecular formula is C18H14N2O3. The predicted octanol–water partition coefficient (Wildman–Crippen LogP) is 2.53. The van der Waals surface area contributed by atoms with Gasteiger partial charge in [-0.15, -0.1) is 0 Å². The minimum atomic E-state index is -0.219. The number of hydrogen-bond donors (Lipinski definition) is 0. The van der Waals surface area contributed by atoms with E-state index in [9.17, 15) is 9.59 Å². The van der Waals surface area contributed by atoms with Gasteiger partial charge >= 0.3 is 0 Å². The zero-order valence-electron chi connectivity index (χ0n) is 12.5. The molecule has 1 aliphatic carbocycles. The first-order chi connectivity index (χ1) is 11.2. The predicted molar refractivity (Wildman–Crippen MR) is 83.4 cm³/mol. The number of carbonyl (C=O) groups excluding carboxylic acids is 2. The average molecular weight is 306 g/mol. The summed E-state index contributed by atoms with van der Waals surface area (Å²) in [6.45, 7) is 0. The molecule has 0 fully saturated rings. The highest BCUT2D eigenvalue weighted by molar-refractivity contribution is 6.14. The van der Waals surface area contributed by atoms with Crippen molar-refractivity contribution in [3.63, 3.8) is 0 Å². The molecule has 114 valence electrons. The van der Waals surface area contributed by atoms with Gasteiger partial charge in [-0.2, -0.15) is 0 Å². The lowest BCUT2D eigenvalue weighted by Gasteiger charge is -2.31. The van der Waals surface area contributed by atoms with Crippen molar-refractivity contribution in [2.75, 3.05) is 7.05 Å². The summed E-state index contributed by atoms with van der Waals surface area (Å²) < 4.78 is 0. The van der Waals surface area contributed by atoms with Gasteiger partial charge in [-0.25, -0.2) is 9.96 Å². The van der Waals surface area contributed by atoms with Crippen molar-refractivity contribution in [3.8, 4) is 0 Å². The first-order valence-electron chi connectivity index (χ1n) is 7.34. The van der Waals surface area contributed by atoms with Gasteiger partial charge in [-0.3, -0.25) is 9.59 Å². The van der Waals surface area contributed by atoms with E-state index in [0.29, 0.717) is 29.1 Å². The van der Waals surface area contributed by atoms with Gasteiger partial charge in [0.15, 0.2) is 0 Å². The highest BCUT2D eigenvalue weighted by atomic mass is 16.7. The zero-order chi connectivity index (χ0) is 16.0. The second-order valence-corrected chi connectivity index (χ2v) is 5.48. The number of Topliss-reactive ketones (excluding diaryl/α,β-unsaturated/α-hetero) is 1. The summed E-state index contributed by atoms with van der Waals surface area (Å²) in [5.74, 6) is -0.00253. The Labute approximate surface area is 133 Å². The van der Waals surface area contributed by atoms with Crippen LogP contribution in [0.25, 0.3) is 0 Å². The number of allylic oxidation sites excluding steroid dienone is 4. The van der Waals surface area contributed by atoms with Crippen LogP contribution in [0.2, 0.25) is 0 Å². The van der Waals surface area contributed by atoms with E-state index in [4.69, 9.17) is 4.84 Å². The Morgan fingerprint density at radius 1 is 1.22 bits per heavy atom. The van der Waals surface area contributed by atoms with Gasteiger partial charge < -0.3 is 4.84 Å². The number of benzene rings is 1. The van der Waals surface area contributed by atoms with Crippen LogP contribution in [0.5, 0.6) is 0 Å². The number of hydroxylamine groups is 2. The molecule has 23 heavy (non-hydrogen) atoms. The average Bonchev–Trinajstić information content (AvgIpc) is 2.87. The lowest BCUT2D eigenvalue weighted by Crippen LogP contribution is -2.37. The maximum absolute atomic E-state index is 12.8. The topological polar surface area (TPSA) is 49.9 Å². The Hall–Kier alpha value is -3.08. The molecule has 0 saturated heterocycles. The molecule has 0 atom stereocenters. The number of fused-ring (bicyclic) bond motifs is 2. The highest BCUT2D eigenvalue weighted by Crippen LogP contribution is 2.39. The first kappa shape index (κ1) is 13.6. The van der Waals surface area contributed by atoms with E-state index in [1.54, 1.807) is 43.6 Å². The quantitative estimate of drug-likeness (QED) is 0.788. The number of carbonyl (C=O) groups is 2. The third-order valence-electron chi connectivity index (χ3n) is 3.98. The Morgan fingerprint density at radius 2 is 2.00 bits per heavy atom. The molecule has 5 nitrogen and oxygen atoms in total. The summed E-state index contributed by atoms with van der Waals surface area (Å²) in [5, 5.41) is 1.46. The Bertz CT molecular complexity index is 831. The smallest absolute Gasteiger partial charge is 0.265 e. The molecule has 1 aromatic rings. The molecule has 0 spiro atoms. The second kappa shape index (κ2) is 4.98. The van der Waals surface area contributed by atoms with Crippen molar-refractivity contribution < 1.29 is 14.4 Å². The van der Waals surface area contributed by atoms with Crippen LogP contribution in [0, 0.1) is 0 Å².